The number of hydrogen-bond donors (Lipinski definition) is 1. The predicted molar refractivity (Wildman–Crippen MR) is 59.7 cm³/mol. The molecule has 2 rings (SSSR count). The van der Waals surface area contributed by atoms with Crippen LogP contribution in [0.15, 0.2) is 23.6 Å². The van der Waals surface area contributed by atoms with Crippen LogP contribution in [0.3, 0.4) is 0 Å². The van der Waals surface area contributed by atoms with Gasteiger partial charge in [-0.05, 0) is 17.5 Å². The zero-order valence-electron chi connectivity index (χ0n) is 8.25. The van der Waals surface area contributed by atoms with Crippen molar-refractivity contribution in [3.05, 3.63) is 56.5 Å². The molecule has 1 N–H and O–H groups in total. The van der Waals surface area contributed by atoms with E-state index >= 15 is 0 Å². The first-order valence-corrected chi connectivity index (χ1v) is 5.82. The molecule has 0 bridgehead atoms. The summed E-state index contributed by atoms with van der Waals surface area (Å²) in [7, 11) is 0. The summed E-state index contributed by atoms with van der Waals surface area (Å²) >= 11 is 6.87. The van der Waals surface area contributed by atoms with E-state index in [2.05, 4.69) is 0 Å². The quantitative estimate of drug-likeness (QED) is 0.826. The maximum Gasteiger partial charge on any atom is 0.161 e. The number of halogens is 4. The third kappa shape index (κ3) is 2.31. The molecule has 6 heteroatoms. The lowest BCUT2D eigenvalue weighted by Crippen LogP contribution is -2.03. The molecule has 90 valence electrons. The molecule has 1 unspecified atom stereocenters. The predicted octanol–water partition coefficient (Wildman–Crippen LogP) is 3.90. The second-order valence-electron chi connectivity index (χ2n) is 3.32. The maximum absolute atomic E-state index is 13.4. The monoisotopic (exact) mass is 278 g/mol. The Labute approximate surface area is 104 Å². The van der Waals surface area contributed by atoms with E-state index in [4.69, 9.17) is 11.6 Å². The van der Waals surface area contributed by atoms with Crippen molar-refractivity contribution in [2.45, 2.75) is 6.10 Å². The fourth-order valence-electron chi connectivity index (χ4n) is 1.39. The molecule has 0 fully saturated rings. The van der Waals surface area contributed by atoms with Crippen LogP contribution in [0.25, 0.3) is 0 Å². The largest absolute Gasteiger partial charge is 0.383 e. The van der Waals surface area contributed by atoms with Gasteiger partial charge in [0.05, 0.1) is 9.90 Å². The Kier molecular flexibility index (Phi) is 3.42. The summed E-state index contributed by atoms with van der Waals surface area (Å²) in [4.78, 5) is 0.288. The summed E-state index contributed by atoms with van der Waals surface area (Å²) in [5.74, 6) is -3.52. The minimum Gasteiger partial charge on any atom is -0.383 e. The van der Waals surface area contributed by atoms with Crippen molar-refractivity contribution in [2.24, 2.45) is 0 Å². The van der Waals surface area contributed by atoms with Crippen molar-refractivity contribution in [1.29, 1.82) is 0 Å². The molecule has 0 aliphatic rings. The normalized spacial score (nSPS) is 12.8. The smallest absolute Gasteiger partial charge is 0.161 e. The zero-order valence-corrected chi connectivity index (χ0v) is 9.83. The highest BCUT2D eigenvalue weighted by atomic mass is 35.5. The van der Waals surface area contributed by atoms with Crippen molar-refractivity contribution in [2.75, 3.05) is 0 Å². The van der Waals surface area contributed by atoms with Gasteiger partial charge in [0, 0.05) is 11.6 Å². The fraction of sp³-hybridized carbons (Fsp3) is 0.0909. The molecule has 0 radical (unpaired) electrons. The molecule has 1 aromatic carbocycles. The van der Waals surface area contributed by atoms with Crippen molar-refractivity contribution in [3.63, 3.8) is 0 Å². The van der Waals surface area contributed by atoms with E-state index in [9.17, 15) is 18.3 Å². The third-order valence-corrected chi connectivity index (χ3v) is 3.64. The Morgan fingerprint density at radius 1 is 1.12 bits per heavy atom. The lowest BCUT2D eigenvalue weighted by molar-refractivity contribution is 0.217. The van der Waals surface area contributed by atoms with Crippen LogP contribution in [-0.4, -0.2) is 5.11 Å². The summed E-state index contributed by atoms with van der Waals surface area (Å²) in [6.45, 7) is 0. The molecule has 0 aliphatic heterocycles. The molecular formula is C11H6ClF3OS. The summed E-state index contributed by atoms with van der Waals surface area (Å²) in [5.41, 5.74) is -0.340. The number of thiophene rings is 1. The molecule has 1 nitrogen and oxygen atoms in total. The highest BCUT2D eigenvalue weighted by molar-refractivity contribution is 7.10. The lowest BCUT2D eigenvalue weighted by atomic mass is 10.1. The minimum atomic E-state index is -1.40. The average molecular weight is 279 g/mol. The number of aliphatic hydroxyl groups is 1. The molecule has 2 aromatic rings. The van der Waals surface area contributed by atoms with E-state index in [1.165, 1.54) is 6.07 Å². The Morgan fingerprint density at radius 2 is 1.76 bits per heavy atom. The Hall–Kier alpha value is -1.04. The van der Waals surface area contributed by atoms with Crippen LogP contribution in [0.2, 0.25) is 5.02 Å². The van der Waals surface area contributed by atoms with Gasteiger partial charge in [-0.25, -0.2) is 13.2 Å². The fourth-order valence-corrected chi connectivity index (χ4v) is 2.55. The molecule has 0 aliphatic carbocycles. The van der Waals surface area contributed by atoms with E-state index in [1.807, 2.05) is 0 Å². The Morgan fingerprint density at radius 3 is 2.35 bits per heavy atom. The van der Waals surface area contributed by atoms with Gasteiger partial charge in [-0.1, -0.05) is 11.6 Å². The van der Waals surface area contributed by atoms with E-state index in [-0.39, 0.29) is 15.5 Å². The van der Waals surface area contributed by atoms with Gasteiger partial charge in [-0.3, -0.25) is 0 Å². The summed E-state index contributed by atoms with van der Waals surface area (Å²) in [6, 6.07) is 2.56. The molecule has 0 amide bonds. The van der Waals surface area contributed by atoms with E-state index in [0.717, 1.165) is 11.3 Å². The number of aliphatic hydroxyl groups excluding tert-OH is 1. The molecular weight excluding hydrogens is 273 g/mol. The van der Waals surface area contributed by atoms with Crippen molar-refractivity contribution >= 4 is 22.9 Å². The molecule has 1 heterocycles. The van der Waals surface area contributed by atoms with Gasteiger partial charge in [0.1, 0.15) is 11.9 Å². The number of benzene rings is 1. The molecule has 1 aromatic heterocycles. The van der Waals surface area contributed by atoms with Crippen LogP contribution < -0.4 is 0 Å². The van der Waals surface area contributed by atoms with Gasteiger partial charge < -0.3 is 5.11 Å². The molecule has 1 atom stereocenters. The van der Waals surface area contributed by atoms with Crippen LogP contribution >= 0.6 is 22.9 Å². The van der Waals surface area contributed by atoms with Gasteiger partial charge in [0.2, 0.25) is 0 Å². The van der Waals surface area contributed by atoms with Crippen molar-refractivity contribution < 1.29 is 18.3 Å². The number of rotatable bonds is 2. The standard InChI is InChI=1S/C11H6ClF3OS/c12-6-1-2-17-11(6)10(16)5-3-8(14)9(15)4-7(5)13/h1-4,10,16H. The topological polar surface area (TPSA) is 20.2 Å². The molecule has 0 saturated heterocycles. The first-order chi connectivity index (χ1) is 8.00. The second kappa shape index (κ2) is 4.68. The Balaban J connectivity index is 2.48. The van der Waals surface area contributed by atoms with Gasteiger partial charge in [0.15, 0.2) is 11.6 Å². The van der Waals surface area contributed by atoms with Crippen LogP contribution in [0, 0.1) is 17.5 Å². The maximum atomic E-state index is 13.4. The second-order valence-corrected chi connectivity index (χ2v) is 4.68. The lowest BCUT2D eigenvalue weighted by Gasteiger charge is -2.11. The SMILES string of the molecule is OC(c1cc(F)c(F)cc1F)c1sccc1Cl. The molecule has 17 heavy (non-hydrogen) atoms. The zero-order chi connectivity index (χ0) is 12.6. The van der Waals surface area contributed by atoms with Crippen LogP contribution in [0.5, 0.6) is 0 Å². The van der Waals surface area contributed by atoms with Gasteiger partial charge in [0.25, 0.3) is 0 Å². The first-order valence-electron chi connectivity index (χ1n) is 4.56. The van der Waals surface area contributed by atoms with Crippen molar-refractivity contribution in [1.82, 2.24) is 0 Å². The summed E-state index contributed by atoms with van der Waals surface area (Å²) < 4.78 is 39.1. The number of hydrogen-bond acceptors (Lipinski definition) is 2. The van der Waals surface area contributed by atoms with Crippen LogP contribution in [-0.2, 0) is 0 Å². The minimum absolute atomic E-state index is 0.256. The highest BCUT2D eigenvalue weighted by Gasteiger charge is 2.21. The highest BCUT2D eigenvalue weighted by Crippen LogP contribution is 2.34. The average Bonchev–Trinajstić information content (AvgIpc) is 2.69. The van der Waals surface area contributed by atoms with E-state index < -0.39 is 23.6 Å². The molecule has 0 saturated carbocycles. The summed E-state index contributed by atoms with van der Waals surface area (Å²) in [6.07, 6.45) is -1.40. The van der Waals surface area contributed by atoms with Crippen LogP contribution in [0.4, 0.5) is 13.2 Å². The molecule has 0 spiro atoms. The Bertz CT molecular complexity index is 556. The summed E-state index contributed by atoms with van der Waals surface area (Å²) in [5, 5.41) is 11.7. The third-order valence-electron chi connectivity index (χ3n) is 2.23. The van der Waals surface area contributed by atoms with E-state index in [0.29, 0.717) is 12.1 Å². The first kappa shape index (κ1) is 12.4. The van der Waals surface area contributed by atoms with E-state index in [1.54, 1.807) is 5.38 Å². The van der Waals surface area contributed by atoms with Crippen molar-refractivity contribution in [3.8, 4) is 0 Å². The van der Waals surface area contributed by atoms with Gasteiger partial charge in [-0.2, -0.15) is 0 Å². The van der Waals surface area contributed by atoms with Gasteiger partial charge in [-0.15, -0.1) is 11.3 Å². The van der Waals surface area contributed by atoms with Gasteiger partial charge >= 0.3 is 0 Å². The van der Waals surface area contributed by atoms with Crippen LogP contribution in [0.1, 0.15) is 16.5 Å².